The van der Waals surface area contributed by atoms with Crippen LogP contribution in [0.5, 0.6) is 0 Å². The van der Waals surface area contributed by atoms with Crippen molar-refractivity contribution in [2.45, 2.75) is 13.0 Å². The van der Waals surface area contributed by atoms with E-state index in [-0.39, 0.29) is 18.1 Å². The van der Waals surface area contributed by atoms with E-state index < -0.39 is 20.2 Å². The van der Waals surface area contributed by atoms with Gasteiger partial charge in [0.05, 0.1) is 12.9 Å². The number of phosphoric ester groups is 1. The number of aryl methyl sites for hydroxylation is 1. The first-order valence-electron chi connectivity index (χ1n) is 6.41. The molecule has 0 bridgehead atoms. The van der Waals surface area contributed by atoms with Crippen molar-refractivity contribution in [3.63, 3.8) is 0 Å². The van der Waals surface area contributed by atoms with Crippen molar-refractivity contribution in [3.05, 3.63) is 28.8 Å². The fourth-order valence-electron chi connectivity index (χ4n) is 1.78. The monoisotopic (exact) mass is 345 g/mol. The van der Waals surface area contributed by atoms with E-state index in [1.54, 1.807) is 4.57 Å². The second kappa shape index (κ2) is 7.02. The van der Waals surface area contributed by atoms with Crippen LogP contribution >= 0.6 is 7.82 Å². The molecular formula is C11H16N5O6P. The maximum atomic E-state index is 11.6. The standard InChI is InChI=1S/C11H16N5O6P/c1-7(4-21-6-22-23(18,19)20)2-3-16-5-13-8-9(16)14-11(12)15-10(8)17/h5H,1-4,6H2,(H2,18,19,20)(H3,12,14,15,17). The minimum Gasteiger partial charge on any atom is -0.369 e. The van der Waals surface area contributed by atoms with Gasteiger partial charge in [0.2, 0.25) is 5.95 Å². The molecule has 2 heterocycles. The van der Waals surface area contributed by atoms with Crippen LogP contribution in [0.2, 0.25) is 0 Å². The van der Waals surface area contributed by atoms with Gasteiger partial charge in [0.25, 0.3) is 5.56 Å². The highest BCUT2D eigenvalue weighted by Gasteiger charge is 2.13. The molecule has 0 saturated heterocycles. The molecule has 2 aromatic rings. The average molecular weight is 345 g/mol. The van der Waals surface area contributed by atoms with Crippen LogP contribution in [0.1, 0.15) is 6.42 Å². The quantitative estimate of drug-likeness (QED) is 0.218. The van der Waals surface area contributed by atoms with E-state index in [1.807, 2.05) is 0 Å². The van der Waals surface area contributed by atoms with Crippen LogP contribution in [0, 0.1) is 0 Å². The Bertz CT molecular complexity index is 809. The first kappa shape index (κ1) is 17.3. The predicted octanol–water partition coefficient (Wildman–Crippen LogP) is -0.268. The van der Waals surface area contributed by atoms with Gasteiger partial charge < -0.3 is 24.8 Å². The van der Waals surface area contributed by atoms with Gasteiger partial charge in [0, 0.05) is 6.54 Å². The van der Waals surface area contributed by atoms with E-state index in [4.69, 9.17) is 20.3 Å². The second-order valence-corrected chi connectivity index (χ2v) is 5.89. The Morgan fingerprint density at radius 2 is 2.26 bits per heavy atom. The Labute approximate surface area is 130 Å². The highest BCUT2D eigenvalue weighted by molar-refractivity contribution is 7.46. The lowest BCUT2D eigenvalue weighted by Crippen LogP contribution is -2.12. The summed E-state index contributed by atoms with van der Waals surface area (Å²) in [6.07, 6.45) is 1.95. The number of nitrogens with one attached hydrogen (secondary N) is 1. The number of fused-ring (bicyclic) bond motifs is 1. The second-order valence-electron chi connectivity index (χ2n) is 4.65. The number of nitrogen functional groups attached to an aromatic ring is 1. The largest absolute Gasteiger partial charge is 0.471 e. The van der Waals surface area contributed by atoms with Crippen LogP contribution in [0.3, 0.4) is 0 Å². The number of nitrogens with two attached hydrogens (primary N) is 1. The summed E-state index contributed by atoms with van der Waals surface area (Å²) in [6, 6.07) is 0. The van der Waals surface area contributed by atoms with Crippen molar-refractivity contribution < 1.29 is 23.6 Å². The van der Waals surface area contributed by atoms with E-state index in [1.165, 1.54) is 6.33 Å². The number of anilines is 1. The number of rotatable bonds is 8. The number of ether oxygens (including phenoxy) is 1. The molecule has 0 radical (unpaired) electrons. The van der Waals surface area contributed by atoms with Gasteiger partial charge in [0.1, 0.15) is 0 Å². The highest BCUT2D eigenvalue weighted by Crippen LogP contribution is 2.35. The Morgan fingerprint density at radius 3 is 2.96 bits per heavy atom. The van der Waals surface area contributed by atoms with Gasteiger partial charge in [-0.05, 0) is 6.42 Å². The van der Waals surface area contributed by atoms with E-state index in [9.17, 15) is 9.36 Å². The fraction of sp³-hybridized carbons (Fsp3) is 0.364. The van der Waals surface area contributed by atoms with E-state index in [0.717, 1.165) is 0 Å². The summed E-state index contributed by atoms with van der Waals surface area (Å²) in [4.78, 5) is 39.0. The molecule has 0 spiro atoms. The third-order valence-corrected chi connectivity index (χ3v) is 3.25. The summed E-state index contributed by atoms with van der Waals surface area (Å²) in [5.41, 5.74) is 6.31. The first-order valence-corrected chi connectivity index (χ1v) is 7.94. The molecule has 0 fully saturated rings. The average Bonchev–Trinajstić information content (AvgIpc) is 2.83. The summed E-state index contributed by atoms with van der Waals surface area (Å²) < 4.78 is 21.2. The Kier molecular flexibility index (Phi) is 5.29. The smallest absolute Gasteiger partial charge is 0.369 e. The lowest BCUT2D eigenvalue weighted by molar-refractivity contribution is 0.00787. The molecule has 23 heavy (non-hydrogen) atoms. The number of hydrogen-bond donors (Lipinski definition) is 4. The zero-order chi connectivity index (χ0) is 17.0. The number of phosphoric acid groups is 1. The predicted molar refractivity (Wildman–Crippen MR) is 80.3 cm³/mol. The lowest BCUT2D eigenvalue weighted by atomic mass is 10.2. The number of imidazole rings is 1. The van der Waals surface area contributed by atoms with Gasteiger partial charge in [-0.25, -0.2) is 9.55 Å². The minimum atomic E-state index is -4.54. The van der Waals surface area contributed by atoms with Gasteiger partial charge in [-0.3, -0.25) is 14.3 Å². The molecule has 0 atom stereocenters. The van der Waals surface area contributed by atoms with Crippen LogP contribution in [-0.4, -0.2) is 42.7 Å². The molecule has 11 nitrogen and oxygen atoms in total. The van der Waals surface area contributed by atoms with Crippen molar-refractivity contribution >= 4 is 24.9 Å². The SMILES string of the molecule is C=C(CCn1cnc2c(=O)[nH]c(N)nc21)COCOP(=O)(O)O. The molecule has 0 aliphatic rings. The zero-order valence-electron chi connectivity index (χ0n) is 12.0. The van der Waals surface area contributed by atoms with E-state index >= 15 is 0 Å². The number of H-pyrrole nitrogens is 1. The lowest BCUT2D eigenvalue weighted by Gasteiger charge is -2.09. The molecule has 0 aliphatic heterocycles. The summed E-state index contributed by atoms with van der Waals surface area (Å²) in [5, 5.41) is 0. The third-order valence-electron chi connectivity index (χ3n) is 2.81. The first-order chi connectivity index (χ1) is 10.8. The third kappa shape index (κ3) is 4.98. The van der Waals surface area contributed by atoms with Crippen LogP contribution in [0.25, 0.3) is 11.2 Å². The van der Waals surface area contributed by atoms with Crippen molar-refractivity contribution in [1.82, 2.24) is 19.5 Å². The van der Waals surface area contributed by atoms with Crippen molar-refractivity contribution in [2.24, 2.45) is 0 Å². The molecule has 2 aromatic heterocycles. The topological polar surface area (TPSA) is 166 Å². The van der Waals surface area contributed by atoms with E-state index in [0.29, 0.717) is 24.2 Å². The van der Waals surface area contributed by atoms with Gasteiger partial charge in [0.15, 0.2) is 18.0 Å². The number of aromatic nitrogens is 4. The summed E-state index contributed by atoms with van der Waals surface area (Å²) in [5.74, 6) is 0.000922. The van der Waals surface area contributed by atoms with Crippen LogP contribution in [0.4, 0.5) is 5.95 Å². The minimum absolute atomic E-state index is 0.000922. The van der Waals surface area contributed by atoms with Crippen molar-refractivity contribution in [3.8, 4) is 0 Å². The molecule has 12 heteroatoms. The number of hydrogen-bond acceptors (Lipinski definition) is 7. The maximum Gasteiger partial charge on any atom is 0.471 e. The molecule has 0 aromatic carbocycles. The van der Waals surface area contributed by atoms with Gasteiger partial charge in [-0.1, -0.05) is 12.2 Å². The Hall–Kier alpha value is -2.04. The van der Waals surface area contributed by atoms with Crippen LogP contribution < -0.4 is 11.3 Å². The summed E-state index contributed by atoms with van der Waals surface area (Å²) in [6.45, 7) is 3.76. The fourth-order valence-corrected chi connectivity index (χ4v) is 1.99. The molecule has 2 rings (SSSR count). The zero-order valence-corrected chi connectivity index (χ0v) is 12.9. The molecule has 126 valence electrons. The molecule has 0 unspecified atom stereocenters. The molecule has 5 N–H and O–H groups in total. The van der Waals surface area contributed by atoms with E-state index in [2.05, 4.69) is 26.1 Å². The normalized spacial score (nSPS) is 11.9. The van der Waals surface area contributed by atoms with Crippen molar-refractivity contribution in [2.75, 3.05) is 19.1 Å². The molecule has 0 aliphatic carbocycles. The highest BCUT2D eigenvalue weighted by atomic mass is 31.2. The molecular weight excluding hydrogens is 329 g/mol. The van der Waals surface area contributed by atoms with Crippen LogP contribution in [0.15, 0.2) is 23.3 Å². The molecule has 0 amide bonds. The van der Waals surface area contributed by atoms with Gasteiger partial charge in [-0.2, -0.15) is 4.98 Å². The van der Waals surface area contributed by atoms with Crippen LogP contribution in [-0.2, 0) is 20.4 Å². The van der Waals surface area contributed by atoms with Gasteiger partial charge >= 0.3 is 7.82 Å². The van der Waals surface area contributed by atoms with Gasteiger partial charge in [-0.15, -0.1) is 0 Å². The maximum absolute atomic E-state index is 11.6. The van der Waals surface area contributed by atoms with Crippen molar-refractivity contribution in [1.29, 1.82) is 0 Å². The Balaban J connectivity index is 1.88. The summed E-state index contributed by atoms with van der Waals surface area (Å²) in [7, 11) is -4.54. The number of aromatic amines is 1. The Morgan fingerprint density at radius 1 is 1.52 bits per heavy atom. The molecule has 0 saturated carbocycles. The number of nitrogens with zero attached hydrogens (tertiary/aromatic N) is 3. The summed E-state index contributed by atoms with van der Waals surface area (Å²) >= 11 is 0.